The van der Waals surface area contributed by atoms with E-state index in [2.05, 4.69) is 120 Å². The van der Waals surface area contributed by atoms with Gasteiger partial charge in [0, 0.05) is 23.5 Å². The molecule has 8 aromatic rings. The molecule has 0 bridgehead atoms. The lowest BCUT2D eigenvalue weighted by atomic mass is 9.67. The van der Waals surface area contributed by atoms with E-state index in [1.54, 1.807) is 12.2 Å². The Hall–Kier alpha value is -7.30. The molecule has 2 amide bonds. The predicted octanol–water partition coefficient (Wildman–Crippen LogP) is 11.7. The van der Waals surface area contributed by atoms with Crippen LogP contribution in [0.5, 0.6) is 0 Å². The minimum Gasteiger partial charge on any atom is -0.323 e. The third-order valence-corrected chi connectivity index (χ3v) is 10.6. The first-order valence-electron chi connectivity index (χ1n) is 18.4. The van der Waals surface area contributed by atoms with Crippen molar-refractivity contribution in [2.45, 2.75) is 5.41 Å². The summed E-state index contributed by atoms with van der Waals surface area (Å²) in [6, 6.07) is 62.0. The minimum absolute atomic E-state index is 0.198. The molecule has 0 saturated heterocycles. The zero-order valence-corrected chi connectivity index (χ0v) is 29.9. The van der Waals surface area contributed by atoms with Gasteiger partial charge in [0.2, 0.25) is 11.8 Å². The number of benzene rings is 8. The summed E-state index contributed by atoms with van der Waals surface area (Å²) in [7, 11) is 0. The maximum atomic E-state index is 13.1. The summed E-state index contributed by atoms with van der Waals surface area (Å²) in [5, 5.41) is 10.6. The molecule has 0 aliphatic heterocycles. The molecule has 0 unspecified atom stereocenters. The van der Waals surface area contributed by atoms with Gasteiger partial charge in [-0.25, -0.2) is 0 Å². The Labute approximate surface area is 320 Å². The zero-order chi connectivity index (χ0) is 37.2. The fourth-order valence-corrected chi connectivity index (χ4v) is 8.12. The Morgan fingerprint density at radius 3 is 1.24 bits per heavy atom. The van der Waals surface area contributed by atoms with Gasteiger partial charge < -0.3 is 10.6 Å². The first kappa shape index (κ1) is 33.5. The van der Waals surface area contributed by atoms with E-state index in [-0.39, 0.29) is 11.8 Å². The third kappa shape index (κ3) is 6.20. The Bertz CT molecular complexity index is 2590. The van der Waals surface area contributed by atoms with Crippen LogP contribution in [0, 0.1) is 0 Å². The molecule has 0 spiro atoms. The van der Waals surface area contributed by atoms with Gasteiger partial charge in [-0.3, -0.25) is 9.59 Å². The van der Waals surface area contributed by atoms with Gasteiger partial charge in [-0.15, -0.1) is 0 Å². The molecule has 2 N–H and O–H groups in total. The van der Waals surface area contributed by atoms with Crippen molar-refractivity contribution in [1.29, 1.82) is 0 Å². The van der Waals surface area contributed by atoms with Crippen molar-refractivity contribution in [3.8, 4) is 11.1 Å². The van der Waals surface area contributed by atoms with Crippen LogP contribution in [0.2, 0.25) is 0 Å². The maximum Gasteiger partial charge on any atom is 0.248 e. The van der Waals surface area contributed by atoms with Crippen molar-refractivity contribution >= 4 is 56.9 Å². The van der Waals surface area contributed by atoms with Crippen molar-refractivity contribution < 1.29 is 9.59 Å². The number of nitrogens with one attached hydrogen (secondary N) is 2. The number of carbonyl (C=O) groups excluding carboxylic acids is 2. The number of carbonyl (C=O) groups is 2. The molecule has 0 aromatic heterocycles. The topological polar surface area (TPSA) is 58.2 Å². The van der Waals surface area contributed by atoms with E-state index >= 15 is 0 Å². The highest BCUT2D eigenvalue weighted by Crippen LogP contribution is 2.56. The number of fused-ring (bicyclic) bond motifs is 5. The highest BCUT2D eigenvalue weighted by molar-refractivity contribution is 6.04. The van der Waals surface area contributed by atoms with Crippen LogP contribution in [-0.4, -0.2) is 11.8 Å². The Morgan fingerprint density at radius 1 is 0.400 bits per heavy atom. The first-order valence-corrected chi connectivity index (χ1v) is 18.4. The van der Waals surface area contributed by atoms with Gasteiger partial charge in [0.05, 0.1) is 5.41 Å². The Balaban J connectivity index is 1.01. The zero-order valence-electron chi connectivity index (χ0n) is 29.9. The summed E-state index contributed by atoms with van der Waals surface area (Å²) >= 11 is 0. The van der Waals surface area contributed by atoms with Crippen molar-refractivity contribution in [2.75, 3.05) is 10.6 Å². The number of rotatable bonds is 8. The van der Waals surface area contributed by atoms with Gasteiger partial charge in [0.1, 0.15) is 0 Å². The molecule has 8 aromatic carbocycles. The van der Waals surface area contributed by atoms with E-state index in [1.807, 2.05) is 84.9 Å². The van der Waals surface area contributed by atoms with Crippen LogP contribution in [0.1, 0.15) is 33.4 Å². The average molecular weight is 709 g/mol. The van der Waals surface area contributed by atoms with E-state index < -0.39 is 5.41 Å². The minimum atomic E-state index is -0.624. The highest BCUT2D eigenvalue weighted by Gasteiger charge is 2.45. The number of anilines is 2. The fourth-order valence-electron chi connectivity index (χ4n) is 8.12. The van der Waals surface area contributed by atoms with Gasteiger partial charge in [-0.2, -0.15) is 0 Å². The third-order valence-electron chi connectivity index (χ3n) is 10.6. The molecule has 1 aliphatic carbocycles. The average Bonchev–Trinajstić information content (AvgIpc) is 3.54. The van der Waals surface area contributed by atoms with E-state index in [4.69, 9.17) is 0 Å². The molecule has 0 atom stereocenters. The fraction of sp³-hybridized carbons (Fsp3) is 0.0196. The molecular formula is C51H36N2O2. The predicted molar refractivity (Wildman–Crippen MR) is 227 cm³/mol. The Kier molecular flexibility index (Phi) is 8.69. The number of amides is 2. The van der Waals surface area contributed by atoms with Crippen LogP contribution in [0.15, 0.2) is 194 Å². The van der Waals surface area contributed by atoms with Crippen LogP contribution in [0.25, 0.3) is 44.8 Å². The van der Waals surface area contributed by atoms with Gasteiger partial charge in [-0.05, 0) is 102 Å². The lowest BCUT2D eigenvalue weighted by molar-refractivity contribution is -0.112. The van der Waals surface area contributed by atoms with Crippen LogP contribution in [0.4, 0.5) is 11.4 Å². The van der Waals surface area contributed by atoms with E-state index in [0.717, 1.165) is 43.8 Å². The van der Waals surface area contributed by atoms with E-state index in [9.17, 15) is 9.59 Å². The molecule has 0 saturated carbocycles. The summed E-state index contributed by atoms with van der Waals surface area (Å²) in [5.74, 6) is -0.395. The Morgan fingerprint density at radius 2 is 0.782 bits per heavy atom. The van der Waals surface area contributed by atoms with E-state index in [1.165, 1.54) is 22.3 Å². The maximum absolute atomic E-state index is 13.1. The molecule has 0 fully saturated rings. The summed E-state index contributed by atoms with van der Waals surface area (Å²) in [6.07, 6.45) is 6.89. The smallest absolute Gasteiger partial charge is 0.248 e. The molecule has 0 radical (unpaired) electrons. The van der Waals surface area contributed by atoms with E-state index in [0.29, 0.717) is 11.4 Å². The molecule has 262 valence electrons. The SMILES string of the molecule is O=C(/C=C/c1cccc2ccccc12)Nc1ccc(C2(c3ccc(NC(=O)/C=C/c4cccc5ccccc45)cc3)c3ccccc3-c3ccccc32)cc1. The number of hydrogen-bond acceptors (Lipinski definition) is 2. The summed E-state index contributed by atoms with van der Waals surface area (Å²) in [5.41, 5.74) is 9.66. The molecule has 4 nitrogen and oxygen atoms in total. The highest BCUT2D eigenvalue weighted by atomic mass is 16.2. The summed E-state index contributed by atoms with van der Waals surface area (Å²) in [6.45, 7) is 0. The van der Waals surface area contributed by atoms with Crippen LogP contribution >= 0.6 is 0 Å². The summed E-state index contributed by atoms with van der Waals surface area (Å²) in [4.78, 5) is 26.2. The normalized spacial score (nSPS) is 12.9. The lowest BCUT2D eigenvalue weighted by Gasteiger charge is -2.34. The second kappa shape index (κ2) is 14.3. The number of hydrogen-bond donors (Lipinski definition) is 2. The van der Waals surface area contributed by atoms with Crippen molar-refractivity contribution in [2.24, 2.45) is 0 Å². The second-order valence-corrected chi connectivity index (χ2v) is 13.8. The largest absolute Gasteiger partial charge is 0.323 e. The molecule has 9 rings (SSSR count). The van der Waals surface area contributed by atoms with Gasteiger partial charge in [0.25, 0.3) is 0 Å². The van der Waals surface area contributed by atoms with Crippen molar-refractivity contribution in [1.82, 2.24) is 0 Å². The van der Waals surface area contributed by atoms with Crippen molar-refractivity contribution in [3.05, 3.63) is 228 Å². The van der Waals surface area contributed by atoms with Gasteiger partial charge in [0.15, 0.2) is 0 Å². The molecular weight excluding hydrogens is 673 g/mol. The quantitative estimate of drug-likeness (QED) is 0.154. The van der Waals surface area contributed by atoms with Crippen LogP contribution < -0.4 is 10.6 Å². The van der Waals surface area contributed by atoms with Crippen molar-refractivity contribution in [3.63, 3.8) is 0 Å². The monoisotopic (exact) mass is 708 g/mol. The van der Waals surface area contributed by atoms with Crippen LogP contribution in [-0.2, 0) is 15.0 Å². The second-order valence-electron chi connectivity index (χ2n) is 13.8. The lowest BCUT2D eigenvalue weighted by Crippen LogP contribution is -2.28. The van der Waals surface area contributed by atoms with Gasteiger partial charge >= 0.3 is 0 Å². The van der Waals surface area contributed by atoms with Crippen LogP contribution in [0.3, 0.4) is 0 Å². The standard InChI is InChI=1S/C51H36N2O2/c54-49(33-23-37-15-9-13-35-11-1-3-17-43(35)37)52-41-29-25-39(26-30-41)51(47-21-7-5-19-45(47)46-20-6-8-22-48(46)51)40-27-31-42(32-28-40)53-50(55)34-24-38-16-10-14-36-12-2-4-18-44(36)38/h1-34H,(H,52,54)(H,53,55)/b33-23+,34-24+. The molecule has 0 heterocycles. The molecule has 1 aliphatic rings. The molecule has 55 heavy (non-hydrogen) atoms. The first-order chi connectivity index (χ1) is 27.1. The summed E-state index contributed by atoms with van der Waals surface area (Å²) < 4.78 is 0. The molecule has 4 heteroatoms. The van der Waals surface area contributed by atoms with Gasteiger partial charge in [-0.1, -0.05) is 158 Å².